The summed E-state index contributed by atoms with van der Waals surface area (Å²) >= 11 is 3.37. The molecule has 0 bridgehead atoms. The molecule has 0 aliphatic rings. The summed E-state index contributed by atoms with van der Waals surface area (Å²) in [5.74, 6) is -0.132. The van der Waals surface area contributed by atoms with E-state index in [1.165, 1.54) is 0 Å². The number of nitrogens with one attached hydrogen (secondary N) is 1. The summed E-state index contributed by atoms with van der Waals surface area (Å²) in [5, 5.41) is 11.9. The smallest absolute Gasteiger partial charge is 0.244 e. The Kier molecular flexibility index (Phi) is 4.17. The topological polar surface area (TPSA) is 54.3 Å². The van der Waals surface area contributed by atoms with Gasteiger partial charge in [-0.2, -0.15) is 0 Å². The molecule has 0 aliphatic carbocycles. The van der Waals surface area contributed by atoms with E-state index < -0.39 is 0 Å². The normalized spacial score (nSPS) is 10.3. The number of benzene rings is 1. The maximum atomic E-state index is 11.9. The third-order valence-electron chi connectivity index (χ3n) is 2.55. The van der Waals surface area contributed by atoms with E-state index in [1.807, 2.05) is 24.3 Å². The Morgan fingerprint density at radius 2 is 2.06 bits per heavy atom. The highest BCUT2D eigenvalue weighted by atomic mass is 79.9. The van der Waals surface area contributed by atoms with Gasteiger partial charge >= 0.3 is 0 Å². The number of nitrogens with zero attached hydrogens (tertiary/aromatic N) is 1. The fourth-order valence-electron chi connectivity index (χ4n) is 1.65. The maximum Gasteiger partial charge on any atom is 0.244 e. The van der Waals surface area contributed by atoms with Crippen molar-refractivity contribution in [2.45, 2.75) is 13.2 Å². The molecule has 2 aromatic rings. The number of aliphatic hydroxyl groups is 1. The van der Waals surface area contributed by atoms with E-state index in [4.69, 9.17) is 5.11 Å². The van der Waals surface area contributed by atoms with Gasteiger partial charge in [-0.3, -0.25) is 4.79 Å². The Bertz CT molecular complexity index is 551. The Hall–Kier alpha value is -1.59. The molecule has 4 nitrogen and oxygen atoms in total. The van der Waals surface area contributed by atoms with Crippen LogP contribution in [0.25, 0.3) is 0 Å². The average Bonchev–Trinajstić information content (AvgIpc) is 2.79. The molecule has 1 amide bonds. The molecule has 0 unspecified atom stereocenters. The second-order valence-electron chi connectivity index (χ2n) is 3.81. The molecule has 0 saturated heterocycles. The minimum atomic E-state index is -0.132. The van der Waals surface area contributed by atoms with Crippen LogP contribution in [0.1, 0.15) is 5.69 Å². The van der Waals surface area contributed by atoms with Gasteiger partial charge < -0.3 is 15.0 Å². The van der Waals surface area contributed by atoms with Gasteiger partial charge in [-0.1, -0.05) is 12.1 Å². The summed E-state index contributed by atoms with van der Waals surface area (Å²) in [6.07, 6.45) is 1.77. The molecule has 0 fully saturated rings. The molecule has 0 aliphatic heterocycles. The van der Waals surface area contributed by atoms with Gasteiger partial charge in [-0.25, -0.2) is 0 Å². The number of para-hydroxylation sites is 1. The molecule has 5 heteroatoms. The summed E-state index contributed by atoms with van der Waals surface area (Å²) < 4.78 is 2.56. The van der Waals surface area contributed by atoms with Crippen LogP contribution in [-0.2, 0) is 17.9 Å². The predicted octanol–water partition coefficient (Wildman–Crippen LogP) is 2.38. The zero-order chi connectivity index (χ0) is 13.0. The predicted molar refractivity (Wildman–Crippen MR) is 73.1 cm³/mol. The second kappa shape index (κ2) is 5.84. The molecule has 1 heterocycles. The molecule has 0 spiro atoms. The largest absolute Gasteiger partial charge is 0.390 e. The molecule has 1 aromatic carbocycles. The van der Waals surface area contributed by atoms with Crippen LogP contribution in [-0.4, -0.2) is 15.6 Å². The molecule has 0 atom stereocenters. The van der Waals surface area contributed by atoms with Gasteiger partial charge in [0.2, 0.25) is 5.91 Å². The first-order valence-corrected chi connectivity index (χ1v) is 6.29. The van der Waals surface area contributed by atoms with Crippen LogP contribution in [0.4, 0.5) is 5.69 Å². The number of carbonyl (C=O) groups excluding carboxylic acids is 1. The minimum absolute atomic E-state index is 0.0741. The minimum Gasteiger partial charge on any atom is -0.390 e. The van der Waals surface area contributed by atoms with Gasteiger partial charge in [0.25, 0.3) is 0 Å². The highest BCUT2D eigenvalue weighted by Gasteiger charge is 2.07. The third kappa shape index (κ3) is 3.00. The first-order valence-electron chi connectivity index (χ1n) is 5.50. The molecule has 94 valence electrons. The number of carbonyl (C=O) groups is 1. The van der Waals surface area contributed by atoms with Gasteiger partial charge in [0.15, 0.2) is 0 Å². The maximum absolute atomic E-state index is 11.9. The first kappa shape index (κ1) is 12.9. The molecule has 2 rings (SSSR count). The van der Waals surface area contributed by atoms with Gasteiger partial charge in [0.05, 0.1) is 12.3 Å². The molecule has 0 saturated carbocycles. The molecule has 18 heavy (non-hydrogen) atoms. The zero-order valence-electron chi connectivity index (χ0n) is 9.64. The summed E-state index contributed by atoms with van der Waals surface area (Å²) in [7, 11) is 0. The fourth-order valence-corrected chi connectivity index (χ4v) is 2.04. The molecule has 1 aromatic heterocycles. The van der Waals surface area contributed by atoms with Crippen LogP contribution < -0.4 is 5.32 Å². The summed E-state index contributed by atoms with van der Waals surface area (Å²) in [6.45, 7) is 0.111. The average molecular weight is 309 g/mol. The highest BCUT2D eigenvalue weighted by molar-refractivity contribution is 9.10. The standard InChI is InChI=1S/C13H13BrN2O2/c14-11-5-1-2-6-12(11)15-13(18)8-16-7-3-4-10(16)9-17/h1-7,17H,8-9H2,(H,15,18). The number of aromatic nitrogens is 1. The fraction of sp³-hybridized carbons (Fsp3) is 0.154. The molecule has 2 N–H and O–H groups in total. The van der Waals surface area contributed by atoms with Crippen molar-refractivity contribution in [3.05, 3.63) is 52.8 Å². The van der Waals surface area contributed by atoms with Crippen molar-refractivity contribution >= 4 is 27.5 Å². The van der Waals surface area contributed by atoms with E-state index in [0.29, 0.717) is 0 Å². The van der Waals surface area contributed by atoms with Crippen molar-refractivity contribution in [3.63, 3.8) is 0 Å². The quantitative estimate of drug-likeness (QED) is 0.911. The molecular formula is C13H13BrN2O2. The monoisotopic (exact) mass is 308 g/mol. The van der Waals surface area contributed by atoms with Crippen molar-refractivity contribution in [3.8, 4) is 0 Å². The van der Waals surface area contributed by atoms with Crippen LogP contribution >= 0.6 is 15.9 Å². The Morgan fingerprint density at radius 3 is 2.78 bits per heavy atom. The number of hydrogen-bond donors (Lipinski definition) is 2. The van der Waals surface area contributed by atoms with E-state index >= 15 is 0 Å². The van der Waals surface area contributed by atoms with Crippen LogP contribution in [0.2, 0.25) is 0 Å². The first-order chi connectivity index (χ1) is 8.70. The molecular weight excluding hydrogens is 296 g/mol. The number of halogens is 1. The van der Waals surface area contributed by atoms with Crippen molar-refractivity contribution < 1.29 is 9.90 Å². The van der Waals surface area contributed by atoms with Crippen LogP contribution in [0.3, 0.4) is 0 Å². The van der Waals surface area contributed by atoms with Crippen molar-refractivity contribution in [2.75, 3.05) is 5.32 Å². The van der Waals surface area contributed by atoms with E-state index in [1.54, 1.807) is 22.9 Å². The van der Waals surface area contributed by atoms with Gasteiger partial charge in [-0.05, 0) is 40.2 Å². The Balaban J connectivity index is 2.04. The van der Waals surface area contributed by atoms with Crippen molar-refractivity contribution in [1.82, 2.24) is 4.57 Å². The van der Waals surface area contributed by atoms with Gasteiger partial charge in [-0.15, -0.1) is 0 Å². The SMILES string of the molecule is O=C(Cn1cccc1CO)Nc1ccccc1Br. The van der Waals surface area contributed by atoms with Crippen molar-refractivity contribution in [1.29, 1.82) is 0 Å². The number of amides is 1. The number of aliphatic hydroxyl groups excluding tert-OH is 1. The molecule has 0 radical (unpaired) electrons. The van der Waals surface area contributed by atoms with Crippen LogP contribution in [0.5, 0.6) is 0 Å². The van der Waals surface area contributed by atoms with Gasteiger partial charge in [0, 0.05) is 16.4 Å². The lowest BCUT2D eigenvalue weighted by molar-refractivity contribution is -0.116. The van der Waals surface area contributed by atoms with Crippen molar-refractivity contribution in [2.24, 2.45) is 0 Å². The summed E-state index contributed by atoms with van der Waals surface area (Å²) in [5.41, 5.74) is 1.46. The summed E-state index contributed by atoms with van der Waals surface area (Å²) in [4.78, 5) is 11.9. The number of rotatable bonds is 4. The van der Waals surface area contributed by atoms with E-state index in [2.05, 4.69) is 21.2 Å². The highest BCUT2D eigenvalue weighted by Crippen LogP contribution is 2.21. The lowest BCUT2D eigenvalue weighted by Gasteiger charge is -2.09. The second-order valence-corrected chi connectivity index (χ2v) is 4.67. The van der Waals surface area contributed by atoms with Gasteiger partial charge in [0.1, 0.15) is 6.54 Å². The lowest BCUT2D eigenvalue weighted by Crippen LogP contribution is -2.19. The zero-order valence-corrected chi connectivity index (χ0v) is 11.2. The van der Waals surface area contributed by atoms with Crippen LogP contribution in [0, 0.1) is 0 Å². The van der Waals surface area contributed by atoms with E-state index in [0.717, 1.165) is 15.9 Å². The lowest BCUT2D eigenvalue weighted by atomic mass is 10.3. The number of hydrogen-bond acceptors (Lipinski definition) is 2. The van der Waals surface area contributed by atoms with Crippen LogP contribution in [0.15, 0.2) is 47.1 Å². The summed E-state index contributed by atoms with van der Waals surface area (Å²) in [6, 6.07) is 11.0. The Morgan fingerprint density at radius 1 is 1.28 bits per heavy atom. The van der Waals surface area contributed by atoms with E-state index in [-0.39, 0.29) is 19.1 Å². The van der Waals surface area contributed by atoms with E-state index in [9.17, 15) is 4.79 Å². The third-order valence-corrected chi connectivity index (χ3v) is 3.24. The number of anilines is 1. The Labute approximate surface area is 113 Å².